The van der Waals surface area contributed by atoms with Gasteiger partial charge in [0.2, 0.25) is 5.91 Å². The number of aryl methyl sites for hydroxylation is 1. The molecule has 26 heavy (non-hydrogen) atoms. The first kappa shape index (κ1) is 18.7. The topological polar surface area (TPSA) is 59.5 Å². The van der Waals surface area contributed by atoms with E-state index in [1.807, 2.05) is 24.3 Å². The molecule has 0 saturated carbocycles. The molecule has 138 valence electrons. The average molecular weight is 372 g/mol. The molecule has 1 aliphatic heterocycles. The smallest absolute Gasteiger partial charge is 0.310 e. The number of amides is 1. The van der Waals surface area contributed by atoms with Crippen molar-refractivity contribution in [2.45, 2.75) is 31.7 Å². The minimum absolute atomic E-state index is 0.0524. The first-order valence-corrected chi connectivity index (χ1v) is 10.0. The number of nitrogens with zero attached hydrogens (tertiary/aromatic N) is 2. The van der Waals surface area contributed by atoms with E-state index in [-0.39, 0.29) is 17.8 Å². The molecule has 2 aromatic rings. The van der Waals surface area contributed by atoms with Gasteiger partial charge in [0, 0.05) is 18.5 Å². The molecular weight excluding hydrogens is 348 g/mol. The van der Waals surface area contributed by atoms with Crippen molar-refractivity contribution in [3.8, 4) is 0 Å². The molecule has 6 heteroatoms. The van der Waals surface area contributed by atoms with E-state index in [2.05, 4.69) is 18.0 Å². The van der Waals surface area contributed by atoms with E-state index in [9.17, 15) is 9.59 Å². The fourth-order valence-corrected chi connectivity index (χ4v) is 4.15. The number of para-hydroxylation sites is 1. The number of pyridine rings is 1. The highest BCUT2D eigenvalue weighted by atomic mass is 32.2. The molecule has 1 aliphatic rings. The van der Waals surface area contributed by atoms with Gasteiger partial charge in [0.1, 0.15) is 0 Å². The lowest BCUT2D eigenvalue weighted by molar-refractivity contribution is -0.151. The van der Waals surface area contributed by atoms with Gasteiger partial charge in [-0.25, -0.2) is 4.98 Å². The monoisotopic (exact) mass is 372 g/mol. The summed E-state index contributed by atoms with van der Waals surface area (Å²) in [4.78, 5) is 30.9. The van der Waals surface area contributed by atoms with Crippen LogP contribution in [0.5, 0.6) is 0 Å². The van der Waals surface area contributed by atoms with Crippen LogP contribution in [-0.4, -0.2) is 47.2 Å². The highest BCUT2D eigenvalue weighted by molar-refractivity contribution is 7.99. The van der Waals surface area contributed by atoms with Crippen LogP contribution in [0.15, 0.2) is 35.4 Å². The minimum atomic E-state index is -0.196. The summed E-state index contributed by atoms with van der Waals surface area (Å²) in [6, 6.07) is 10.0. The van der Waals surface area contributed by atoms with Crippen LogP contribution in [0.25, 0.3) is 10.9 Å². The van der Waals surface area contributed by atoms with Gasteiger partial charge in [0.05, 0.1) is 28.8 Å². The summed E-state index contributed by atoms with van der Waals surface area (Å²) in [7, 11) is 0. The van der Waals surface area contributed by atoms with Crippen molar-refractivity contribution in [2.24, 2.45) is 5.92 Å². The number of thioether (sulfide) groups is 1. The van der Waals surface area contributed by atoms with E-state index in [1.165, 1.54) is 11.8 Å². The third-order valence-electron chi connectivity index (χ3n) is 4.64. The molecule has 1 aromatic carbocycles. The fourth-order valence-electron chi connectivity index (χ4n) is 3.28. The number of piperidine rings is 1. The summed E-state index contributed by atoms with van der Waals surface area (Å²) in [6.45, 7) is 5.41. The van der Waals surface area contributed by atoms with E-state index < -0.39 is 0 Å². The van der Waals surface area contributed by atoms with Crippen LogP contribution in [0.3, 0.4) is 0 Å². The molecule has 3 rings (SSSR count). The lowest BCUT2D eigenvalue weighted by Gasteiger charge is -2.31. The molecule has 1 fully saturated rings. The number of fused-ring (bicyclic) bond motifs is 1. The van der Waals surface area contributed by atoms with Crippen molar-refractivity contribution < 1.29 is 14.3 Å². The molecule has 5 nitrogen and oxygen atoms in total. The quantitative estimate of drug-likeness (QED) is 0.594. The summed E-state index contributed by atoms with van der Waals surface area (Å²) in [5.74, 6) is 0.000112. The number of rotatable bonds is 5. The van der Waals surface area contributed by atoms with Crippen LogP contribution < -0.4 is 0 Å². The molecule has 0 N–H and O–H groups in total. The third kappa shape index (κ3) is 4.36. The lowest BCUT2D eigenvalue weighted by Crippen LogP contribution is -2.43. The predicted molar refractivity (Wildman–Crippen MR) is 103 cm³/mol. The van der Waals surface area contributed by atoms with Gasteiger partial charge in [-0.15, -0.1) is 0 Å². The lowest BCUT2D eigenvalue weighted by atomic mass is 9.98. The number of aromatic nitrogens is 1. The Morgan fingerprint density at radius 1 is 1.35 bits per heavy atom. The normalized spacial score (nSPS) is 17.3. The Bertz CT molecular complexity index is 809. The number of carbonyl (C=O) groups excluding carboxylic acids is 2. The van der Waals surface area contributed by atoms with Gasteiger partial charge in [-0.05, 0) is 44.4 Å². The van der Waals surface area contributed by atoms with Crippen molar-refractivity contribution in [3.63, 3.8) is 0 Å². The number of carbonyl (C=O) groups is 2. The zero-order valence-corrected chi connectivity index (χ0v) is 16.1. The summed E-state index contributed by atoms with van der Waals surface area (Å²) in [5.41, 5.74) is 2.11. The molecule has 0 bridgehead atoms. The number of hydrogen-bond acceptors (Lipinski definition) is 5. The van der Waals surface area contributed by atoms with Crippen molar-refractivity contribution >= 4 is 34.5 Å². The van der Waals surface area contributed by atoms with Crippen LogP contribution in [-0.2, 0) is 14.3 Å². The largest absolute Gasteiger partial charge is 0.466 e. The Balaban J connectivity index is 1.61. The number of benzene rings is 1. The molecule has 1 saturated heterocycles. The van der Waals surface area contributed by atoms with Crippen molar-refractivity contribution in [1.29, 1.82) is 0 Å². The van der Waals surface area contributed by atoms with E-state index in [0.29, 0.717) is 25.4 Å². The first-order chi connectivity index (χ1) is 12.6. The van der Waals surface area contributed by atoms with Crippen LogP contribution in [0, 0.1) is 12.8 Å². The zero-order chi connectivity index (χ0) is 18.5. The zero-order valence-electron chi connectivity index (χ0n) is 15.2. The molecule has 1 aromatic heterocycles. The maximum absolute atomic E-state index is 12.6. The standard InChI is InChI=1S/C20H24N2O3S/c1-3-25-20(24)15-7-6-10-22(12-15)19(23)13-26-18-11-14(2)16-8-4-5-9-17(16)21-18/h4-5,8-9,11,15H,3,6-7,10,12-13H2,1-2H3/t15-/m0/s1. The predicted octanol–water partition coefficient (Wildman–Crippen LogP) is 3.44. The second kappa shape index (κ2) is 8.54. The number of ether oxygens (including phenoxy) is 1. The maximum atomic E-state index is 12.6. The van der Waals surface area contributed by atoms with Crippen LogP contribution >= 0.6 is 11.8 Å². The summed E-state index contributed by atoms with van der Waals surface area (Å²) in [5, 5.41) is 1.99. The summed E-state index contributed by atoms with van der Waals surface area (Å²) in [6.07, 6.45) is 1.63. The second-order valence-corrected chi connectivity index (χ2v) is 7.51. The minimum Gasteiger partial charge on any atom is -0.466 e. The highest BCUT2D eigenvalue weighted by Crippen LogP contribution is 2.25. The molecular formula is C20H24N2O3S. The number of likely N-dealkylation sites (tertiary alicyclic amines) is 1. The Kier molecular flexibility index (Phi) is 6.14. The van der Waals surface area contributed by atoms with Crippen LogP contribution in [0.2, 0.25) is 0 Å². The van der Waals surface area contributed by atoms with Gasteiger partial charge in [-0.3, -0.25) is 9.59 Å². The molecule has 1 atom stereocenters. The number of hydrogen-bond donors (Lipinski definition) is 0. The van der Waals surface area contributed by atoms with Gasteiger partial charge < -0.3 is 9.64 Å². The summed E-state index contributed by atoms with van der Waals surface area (Å²) >= 11 is 1.45. The second-order valence-electron chi connectivity index (χ2n) is 6.51. The van der Waals surface area contributed by atoms with E-state index in [1.54, 1.807) is 11.8 Å². The molecule has 0 unspecified atom stereocenters. The Hall–Kier alpha value is -2.08. The summed E-state index contributed by atoms with van der Waals surface area (Å²) < 4.78 is 5.10. The van der Waals surface area contributed by atoms with Gasteiger partial charge >= 0.3 is 5.97 Å². The van der Waals surface area contributed by atoms with Crippen LogP contribution in [0.1, 0.15) is 25.3 Å². The van der Waals surface area contributed by atoms with Gasteiger partial charge in [-0.2, -0.15) is 0 Å². The van der Waals surface area contributed by atoms with Gasteiger partial charge in [-0.1, -0.05) is 30.0 Å². The Labute approximate surface area is 158 Å². The highest BCUT2D eigenvalue weighted by Gasteiger charge is 2.29. The van der Waals surface area contributed by atoms with E-state index in [4.69, 9.17) is 4.74 Å². The first-order valence-electron chi connectivity index (χ1n) is 9.02. The third-order valence-corrected chi connectivity index (χ3v) is 5.53. The molecule has 0 aliphatic carbocycles. The Morgan fingerprint density at radius 3 is 2.96 bits per heavy atom. The molecule has 0 spiro atoms. The SMILES string of the molecule is CCOC(=O)[C@H]1CCCN(C(=O)CSc2cc(C)c3ccccc3n2)C1. The maximum Gasteiger partial charge on any atom is 0.310 e. The van der Waals surface area contributed by atoms with Gasteiger partial charge in [0.15, 0.2) is 0 Å². The fraction of sp³-hybridized carbons (Fsp3) is 0.450. The van der Waals surface area contributed by atoms with Gasteiger partial charge in [0.25, 0.3) is 0 Å². The average Bonchev–Trinajstić information content (AvgIpc) is 2.66. The van der Waals surface area contributed by atoms with E-state index >= 15 is 0 Å². The Morgan fingerprint density at radius 2 is 2.15 bits per heavy atom. The van der Waals surface area contributed by atoms with Crippen molar-refractivity contribution in [2.75, 3.05) is 25.4 Å². The van der Waals surface area contributed by atoms with E-state index in [0.717, 1.165) is 34.3 Å². The molecule has 2 heterocycles. The molecule has 0 radical (unpaired) electrons. The number of esters is 1. The van der Waals surface area contributed by atoms with Crippen molar-refractivity contribution in [3.05, 3.63) is 35.9 Å². The van der Waals surface area contributed by atoms with Crippen LogP contribution in [0.4, 0.5) is 0 Å². The molecule has 1 amide bonds. The van der Waals surface area contributed by atoms with Crippen molar-refractivity contribution in [1.82, 2.24) is 9.88 Å².